The van der Waals surface area contributed by atoms with Crippen LogP contribution < -0.4 is 4.74 Å². The number of rotatable bonds is 6. The maximum absolute atomic E-state index is 9.24. The Balaban J connectivity index is 2.02. The molecule has 1 fully saturated rings. The summed E-state index contributed by atoms with van der Waals surface area (Å²) < 4.78 is 5.20. The lowest BCUT2D eigenvalue weighted by molar-refractivity contribution is 0.230. The lowest BCUT2D eigenvalue weighted by atomic mass is 10.0. The Morgan fingerprint density at radius 2 is 2.10 bits per heavy atom. The summed E-state index contributed by atoms with van der Waals surface area (Å²) in [7, 11) is 1.67. The van der Waals surface area contributed by atoms with E-state index in [1.807, 2.05) is 12.1 Å². The van der Waals surface area contributed by atoms with Gasteiger partial charge in [-0.05, 0) is 43.5 Å². The molecular formula is C17H21N3O. The molecule has 110 valence electrons. The van der Waals surface area contributed by atoms with Gasteiger partial charge in [-0.2, -0.15) is 10.5 Å². The van der Waals surface area contributed by atoms with Crippen LogP contribution >= 0.6 is 0 Å². The summed E-state index contributed by atoms with van der Waals surface area (Å²) in [6.45, 7) is 1.79. The minimum absolute atomic E-state index is 0.0523. The highest BCUT2D eigenvalue weighted by Gasteiger charge is 2.27. The number of methoxy groups -OCH3 is 1. The molecule has 2 unspecified atom stereocenters. The van der Waals surface area contributed by atoms with Gasteiger partial charge in [0.25, 0.3) is 0 Å². The first-order chi connectivity index (χ1) is 10.3. The molecule has 0 amide bonds. The fourth-order valence-electron chi connectivity index (χ4n) is 2.97. The van der Waals surface area contributed by atoms with Crippen molar-refractivity contribution in [2.24, 2.45) is 5.92 Å². The van der Waals surface area contributed by atoms with Crippen LogP contribution in [0.15, 0.2) is 24.3 Å². The zero-order chi connectivity index (χ0) is 15.1. The Hall–Kier alpha value is -2.04. The van der Waals surface area contributed by atoms with Gasteiger partial charge in [-0.15, -0.1) is 0 Å². The van der Waals surface area contributed by atoms with E-state index in [2.05, 4.69) is 29.2 Å². The Morgan fingerprint density at radius 3 is 2.71 bits per heavy atom. The van der Waals surface area contributed by atoms with Crippen molar-refractivity contribution in [1.82, 2.24) is 4.90 Å². The maximum Gasteiger partial charge on any atom is 0.118 e. The van der Waals surface area contributed by atoms with Gasteiger partial charge in [0.1, 0.15) is 5.75 Å². The minimum atomic E-state index is -0.0523. The first-order valence-corrected chi connectivity index (χ1v) is 7.43. The van der Waals surface area contributed by atoms with E-state index in [1.54, 1.807) is 7.11 Å². The fourth-order valence-corrected chi connectivity index (χ4v) is 2.97. The highest BCUT2D eigenvalue weighted by molar-refractivity contribution is 5.29. The largest absolute Gasteiger partial charge is 0.497 e. The molecule has 0 radical (unpaired) electrons. The normalized spacial score (nSPS) is 19.7. The zero-order valence-electron chi connectivity index (χ0n) is 12.5. The molecule has 2 rings (SSSR count). The van der Waals surface area contributed by atoms with Crippen LogP contribution in [0.2, 0.25) is 0 Å². The second kappa shape index (κ2) is 7.67. The van der Waals surface area contributed by atoms with Crippen molar-refractivity contribution in [3.05, 3.63) is 29.8 Å². The molecule has 0 aliphatic carbocycles. The summed E-state index contributed by atoms with van der Waals surface area (Å²) in [5.74, 6) is 0.815. The molecule has 0 spiro atoms. The highest BCUT2D eigenvalue weighted by atomic mass is 16.5. The summed E-state index contributed by atoms with van der Waals surface area (Å²) in [5.41, 5.74) is 1.28. The monoisotopic (exact) mass is 283 g/mol. The number of ether oxygens (including phenoxy) is 1. The van der Waals surface area contributed by atoms with Gasteiger partial charge < -0.3 is 4.74 Å². The van der Waals surface area contributed by atoms with E-state index in [1.165, 1.54) is 5.56 Å². The lowest BCUT2D eigenvalue weighted by Crippen LogP contribution is -2.28. The van der Waals surface area contributed by atoms with Crippen LogP contribution in [0.5, 0.6) is 5.75 Å². The average molecular weight is 283 g/mol. The smallest absolute Gasteiger partial charge is 0.118 e. The van der Waals surface area contributed by atoms with Crippen LogP contribution in [0.1, 0.15) is 37.3 Å². The van der Waals surface area contributed by atoms with Gasteiger partial charge in [-0.25, -0.2) is 0 Å². The summed E-state index contributed by atoms with van der Waals surface area (Å²) in [4.78, 5) is 2.38. The van der Waals surface area contributed by atoms with Crippen molar-refractivity contribution in [2.45, 2.75) is 31.7 Å². The van der Waals surface area contributed by atoms with E-state index >= 15 is 0 Å². The first kappa shape index (κ1) is 15.4. The van der Waals surface area contributed by atoms with Crippen molar-refractivity contribution in [3.8, 4) is 17.9 Å². The third-order valence-electron chi connectivity index (χ3n) is 4.11. The number of benzene rings is 1. The molecule has 0 bridgehead atoms. The molecule has 1 aliphatic heterocycles. The van der Waals surface area contributed by atoms with Crippen LogP contribution in [0.3, 0.4) is 0 Å². The third-order valence-corrected chi connectivity index (χ3v) is 4.11. The van der Waals surface area contributed by atoms with E-state index in [0.717, 1.165) is 31.7 Å². The van der Waals surface area contributed by atoms with E-state index in [9.17, 15) is 5.26 Å². The van der Waals surface area contributed by atoms with E-state index in [-0.39, 0.29) is 5.92 Å². The van der Waals surface area contributed by atoms with Crippen LogP contribution in [0, 0.1) is 28.6 Å². The summed E-state index contributed by atoms with van der Waals surface area (Å²) in [5, 5.41) is 17.9. The Bertz CT molecular complexity index is 526. The molecule has 0 N–H and O–H groups in total. The van der Waals surface area contributed by atoms with Gasteiger partial charge >= 0.3 is 0 Å². The molecule has 1 heterocycles. The van der Waals surface area contributed by atoms with E-state index < -0.39 is 0 Å². The molecule has 4 heteroatoms. The predicted octanol–water partition coefficient (Wildman–Crippen LogP) is 3.28. The summed E-state index contributed by atoms with van der Waals surface area (Å²) in [6.07, 6.45) is 3.41. The number of hydrogen-bond donors (Lipinski definition) is 0. The zero-order valence-corrected chi connectivity index (χ0v) is 12.5. The van der Waals surface area contributed by atoms with Crippen LogP contribution in [-0.2, 0) is 0 Å². The lowest BCUT2D eigenvalue weighted by Gasteiger charge is -2.26. The highest BCUT2D eigenvalue weighted by Crippen LogP contribution is 2.33. The number of likely N-dealkylation sites (tertiary alicyclic amines) is 1. The van der Waals surface area contributed by atoms with Crippen molar-refractivity contribution in [2.75, 3.05) is 20.2 Å². The standard InChI is InChI=1S/C17H21N3O/c1-21-16-8-6-15(7-9-16)17-5-3-11-20(17)13-14(12-19)4-2-10-18/h6-9,14,17H,2-5,11,13H2,1H3. The summed E-state index contributed by atoms with van der Waals surface area (Å²) >= 11 is 0. The van der Waals surface area contributed by atoms with Crippen LogP contribution in [-0.4, -0.2) is 25.1 Å². The van der Waals surface area contributed by atoms with Crippen molar-refractivity contribution >= 4 is 0 Å². The molecule has 0 saturated carbocycles. The molecule has 1 aromatic rings. The first-order valence-electron chi connectivity index (χ1n) is 7.43. The Kier molecular flexibility index (Phi) is 5.60. The Morgan fingerprint density at radius 1 is 1.33 bits per heavy atom. The molecule has 1 saturated heterocycles. The molecule has 2 atom stereocenters. The quantitative estimate of drug-likeness (QED) is 0.804. The molecule has 1 aliphatic rings. The van der Waals surface area contributed by atoms with Gasteiger partial charge in [0.15, 0.2) is 0 Å². The number of nitrogens with zero attached hydrogens (tertiary/aromatic N) is 3. The minimum Gasteiger partial charge on any atom is -0.497 e. The average Bonchev–Trinajstić information content (AvgIpc) is 2.99. The van der Waals surface area contributed by atoms with Gasteiger partial charge in [-0.1, -0.05) is 12.1 Å². The van der Waals surface area contributed by atoms with Crippen LogP contribution in [0.4, 0.5) is 0 Å². The Labute approximate surface area is 126 Å². The van der Waals surface area contributed by atoms with Crippen LogP contribution in [0.25, 0.3) is 0 Å². The molecule has 1 aromatic carbocycles. The van der Waals surface area contributed by atoms with Crippen molar-refractivity contribution in [1.29, 1.82) is 10.5 Å². The third kappa shape index (κ3) is 3.97. The predicted molar refractivity (Wildman–Crippen MR) is 80.5 cm³/mol. The summed E-state index contributed by atoms with van der Waals surface area (Å²) in [6, 6.07) is 13.1. The van der Waals surface area contributed by atoms with Crippen molar-refractivity contribution < 1.29 is 4.74 Å². The topological polar surface area (TPSA) is 60.0 Å². The van der Waals surface area contributed by atoms with Gasteiger partial charge in [0, 0.05) is 19.0 Å². The number of nitriles is 2. The van der Waals surface area contributed by atoms with Gasteiger partial charge in [0.05, 0.1) is 25.2 Å². The second-order valence-electron chi connectivity index (χ2n) is 5.45. The SMILES string of the molecule is COc1ccc(C2CCCN2CC(C#N)CCC#N)cc1. The van der Waals surface area contributed by atoms with Gasteiger partial charge in [-0.3, -0.25) is 4.90 Å². The molecule has 21 heavy (non-hydrogen) atoms. The van der Waals surface area contributed by atoms with E-state index in [4.69, 9.17) is 10.00 Å². The van der Waals surface area contributed by atoms with E-state index in [0.29, 0.717) is 18.9 Å². The maximum atomic E-state index is 9.24. The fraction of sp³-hybridized carbons (Fsp3) is 0.529. The molecule has 0 aromatic heterocycles. The molecule has 4 nitrogen and oxygen atoms in total. The number of hydrogen-bond acceptors (Lipinski definition) is 4. The molecular weight excluding hydrogens is 262 g/mol. The second-order valence-corrected chi connectivity index (χ2v) is 5.45. The van der Waals surface area contributed by atoms with Crippen molar-refractivity contribution in [3.63, 3.8) is 0 Å². The van der Waals surface area contributed by atoms with Gasteiger partial charge in [0.2, 0.25) is 0 Å².